The SMILES string of the molecule is CCC/C=C\C/C=C\CCCCCCCC(=O)OC(COC(=O)CCCCCCCCCCCCCCCCCCCCCC)COC(OCC[N+](C)(C)C)C(=O)O. The van der Waals surface area contributed by atoms with Crippen LogP contribution >= 0.6 is 0 Å². The minimum absolute atomic E-state index is 0.184. The summed E-state index contributed by atoms with van der Waals surface area (Å²) in [6.45, 7) is 4.81. The highest BCUT2D eigenvalue weighted by molar-refractivity contribution is 5.71. The summed E-state index contributed by atoms with van der Waals surface area (Å²) >= 11 is 0. The third-order valence-electron chi connectivity index (χ3n) is 10.4. The molecule has 1 N–H and O–H groups in total. The second kappa shape index (κ2) is 41.5. The first kappa shape index (κ1) is 55.8. The van der Waals surface area contributed by atoms with Gasteiger partial charge in [0, 0.05) is 12.8 Å². The Kier molecular flexibility index (Phi) is 39.9. The largest absolute Gasteiger partial charge is 0.477 e. The van der Waals surface area contributed by atoms with Crippen molar-refractivity contribution in [1.29, 1.82) is 0 Å². The number of carbonyl (C=O) groups is 3. The van der Waals surface area contributed by atoms with Crippen molar-refractivity contribution in [3.63, 3.8) is 0 Å². The molecule has 9 nitrogen and oxygen atoms in total. The van der Waals surface area contributed by atoms with Crippen LogP contribution in [-0.4, -0.2) is 87.4 Å². The lowest BCUT2D eigenvalue weighted by atomic mass is 10.0. The van der Waals surface area contributed by atoms with Crippen LogP contribution in [0.1, 0.15) is 213 Å². The quantitative estimate of drug-likeness (QED) is 0.0213. The summed E-state index contributed by atoms with van der Waals surface area (Å²) in [5.74, 6) is -2.02. The molecule has 2 atom stereocenters. The first-order valence-corrected chi connectivity index (χ1v) is 24.0. The summed E-state index contributed by atoms with van der Waals surface area (Å²) in [5.41, 5.74) is 0. The van der Waals surface area contributed by atoms with E-state index in [2.05, 4.69) is 38.2 Å². The molecule has 0 aromatic heterocycles. The van der Waals surface area contributed by atoms with Crippen LogP contribution in [-0.2, 0) is 33.3 Å². The number of allylic oxidation sites excluding steroid dienone is 4. The molecule has 0 bridgehead atoms. The molecule has 0 saturated carbocycles. The predicted molar refractivity (Wildman–Crippen MR) is 240 cm³/mol. The second-order valence-electron chi connectivity index (χ2n) is 17.4. The average molecular weight is 823 g/mol. The van der Waals surface area contributed by atoms with Crippen LogP contribution in [0.5, 0.6) is 0 Å². The van der Waals surface area contributed by atoms with E-state index in [1.54, 1.807) is 0 Å². The van der Waals surface area contributed by atoms with Crippen molar-refractivity contribution in [3.05, 3.63) is 24.3 Å². The van der Waals surface area contributed by atoms with Gasteiger partial charge in [0.15, 0.2) is 6.10 Å². The molecule has 0 saturated heterocycles. The van der Waals surface area contributed by atoms with Crippen molar-refractivity contribution in [2.24, 2.45) is 0 Å². The van der Waals surface area contributed by atoms with E-state index in [1.807, 2.05) is 21.1 Å². The fourth-order valence-corrected chi connectivity index (χ4v) is 6.70. The summed E-state index contributed by atoms with van der Waals surface area (Å²) in [7, 11) is 5.95. The molecule has 0 aromatic rings. The highest BCUT2D eigenvalue weighted by atomic mass is 16.7. The fraction of sp³-hybridized carbons (Fsp3) is 0.857. The van der Waals surface area contributed by atoms with Crippen molar-refractivity contribution in [2.45, 2.75) is 225 Å². The highest BCUT2D eigenvalue weighted by Gasteiger charge is 2.25. The molecule has 0 rings (SSSR count). The molecular formula is C49H92NO8+. The van der Waals surface area contributed by atoms with E-state index in [9.17, 15) is 19.5 Å². The van der Waals surface area contributed by atoms with E-state index < -0.39 is 24.3 Å². The minimum Gasteiger partial charge on any atom is -0.477 e. The number of aliphatic carboxylic acids is 1. The molecule has 0 aliphatic carbocycles. The number of hydrogen-bond donors (Lipinski definition) is 1. The Hall–Kier alpha value is -2.23. The average Bonchev–Trinajstić information content (AvgIpc) is 3.18. The lowest BCUT2D eigenvalue weighted by Crippen LogP contribution is -2.40. The van der Waals surface area contributed by atoms with Crippen molar-refractivity contribution in [2.75, 3.05) is 47.5 Å². The second-order valence-corrected chi connectivity index (χ2v) is 17.4. The number of ether oxygens (including phenoxy) is 4. The Morgan fingerprint density at radius 1 is 0.517 bits per heavy atom. The summed E-state index contributed by atoms with van der Waals surface area (Å²) in [6.07, 6.45) is 42.4. The van der Waals surface area contributed by atoms with Crippen molar-refractivity contribution in [1.82, 2.24) is 0 Å². The molecular weight excluding hydrogens is 731 g/mol. The monoisotopic (exact) mass is 823 g/mol. The standard InChI is InChI=1S/C49H91NO8/c1-6-8-10-12-14-16-18-20-21-22-23-24-25-26-28-29-31-33-35-37-39-46(51)56-43-45(44-57-49(48(53)54)55-42-41-50(3,4)5)58-47(52)40-38-36-34-32-30-27-19-17-15-13-11-9-7-2/h11,13,17,19,45,49H,6-10,12,14-16,18,20-44H2,1-5H3/p+1/b13-11-,19-17-. The number of quaternary nitrogens is 1. The Morgan fingerprint density at radius 3 is 1.43 bits per heavy atom. The van der Waals surface area contributed by atoms with Crippen LogP contribution in [0, 0.1) is 0 Å². The van der Waals surface area contributed by atoms with Gasteiger partial charge in [0.25, 0.3) is 6.29 Å². The van der Waals surface area contributed by atoms with Crippen LogP contribution in [0.2, 0.25) is 0 Å². The fourth-order valence-electron chi connectivity index (χ4n) is 6.70. The summed E-state index contributed by atoms with van der Waals surface area (Å²) in [6, 6.07) is 0. The summed E-state index contributed by atoms with van der Waals surface area (Å²) in [4.78, 5) is 37.1. The van der Waals surface area contributed by atoms with Crippen LogP contribution in [0.15, 0.2) is 24.3 Å². The topological polar surface area (TPSA) is 108 Å². The first-order chi connectivity index (χ1) is 28.1. The van der Waals surface area contributed by atoms with E-state index in [0.717, 1.165) is 64.2 Å². The molecule has 0 aliphatic rings. The maximum atomic E-state index is 12.7. The molecule has 0 amide bonds. The van der Waals surface area contributed by atoms with Gasteiger partial charge in [-0.05, 0) is 38.5 Å². The summed E-state index contributed by atoms with van der Waals surface area (Å²) < 4.78 is 22.7. The van der Waals surface area contributed by atoms with Gasteiger partial charge < -0.3 is 28.5 Å². The smallest absolute Gasteiger partial charge is 0.361 e. The van der Waals surface area contributed by atoms with E-state index in [4.69, 9.17) is 18.9 Å². The first-order valence-electron chi connectivity index (χ1n) is 24.0. The van der Waals surface area contributed by atoms with Crippen LogP contribution in [0.25, 0.3) is 0 Å². The van der Waals surface area contributed by atoms with Gasteiger partial charge in [-0.25, -0.2) is 4.79 Å². The molecule has 58 heavy (non-hydrogen) atoms. The Morgan fingerprint density at radius 2 is 0.966 bits per heavy atom. The molecule has 0 fully saturated rings. The van der Waals surface area contributed by atoms with Crippen LogP contribution < -0.4 is 0 Å². The number of esters is 2. The molecule has 0 heterocycles. The van der Waals surface area contributed by atoms with Gasteiger partial charge in [0.1, 0.15) is 13.2 Å². The van der Waals surface area contributed by atoms with Crippen LogP contribution in [0.3, 0.4) is 0 Å². The van der Waals surface area contributed by atoms with E-state index in [0.29, 0.717) is 23.9 Å². The molecule has 0 aliphatic heterocycles. The molecule has 0 radical (unpaired) electrons. The van der Waals surface area contributed by atoms with E-state index in [-0.39, 0.29) is 32.2 Å². The van der Waals surface area contributed by atoms with E-state index >= 15 is 0 Å². The zero-order chi connectivity index (χ0) is 42.8. The lowest BCUT2D eigenvalue weighted by Gasteiger charge is -2.25. The predicted octanol–water partition coefficient (Wildman–Crippen LogP) is 12.8. The number of carbonyl (C=O) groups excluding carboxylic acids is 2. The molecule has 340 valence electrons. The third kappa shape index (κ3) is 41.9. The minimum atomic E-state index is -1.51. The number of hydrogen-bond acceptors (Lipinski definition) is 7. The van der Waals surface area contributed by atoms with E-state index in [1.165, 1.54) is 116 Å². The van der Waals surface area contributed by atoms with Crippen molar-refractivity contribution in [3.8, 4) is 0 Å². The zero-order valence-corrected chi connectivity index (χ0v) is 38.5. The van der Waals surface area contributed by atoms with Crippen LogP contribution in [0.4, 0.5) is 0 Å². The zero-order valence-electron chi connectivity index (χ0n) is 38.5. The number of carboxylic acids is 1. The van der Waals surface area contributed by atoms with Gasteiger partial charge in [-0.15, -0.1) is 0 Å². The number of nitrogens with zero attached hydrogens (tertiary/aromatic N) is 1. The number of likely N-dealkylation sites (N-methyl/N-ethyl adjacent to an activating group) is 1. The van der Waals surface area contributed by atoms with Gasteiger partial charge >= 0.3 is 17.9 Å². The Labute approximate surface area is 357 Å². The van der Waals surface area contributed by atoms with Crippen molar-refractivity contribution < 1.29 is 42.9 Å². The van der Waals surface area contributed by atoms with Gasteiger partial charge in [0.05, 0.1) is 34.4 Å². The lowest BCUT2D eigenvalue weighted by molar-refractivity contribution is -0.870. The molecule has 2 unspecified atom stereocenters. The molecule has 0 aromatic carbocycles. The molecule has 9 heteroatoms. The Balaban J connectivity index is 4.32. The normalized spacial score (nSPS) is 13.1. The third-order valence-corrected chi connectivity index (χ3v) is 10.4. The number of rotatable bonds is 44. The van der Waals surface area contributed by atoms with Gasteiger partial charge in [-0.1, -0.05) is 186 Å². The number of carboxylic acid groups (broad SMARTS) is 1. The Bertz CT molecular complexity index is 1010. The maximum Gasteiger partial charge on any atom is 0.361 e. The van der Waals surface area contributed by atoms with Gasteiger partial charge in [-0.2, -0.15) is 0 Å². The van der Waals surface area contributed by atoms with Gasteiger partial charge in [-0.3, -0.25) is 9.59 Å². The molecule has 0 spiro atoms. The number of unbranched alkanes of at least 4 members (excludes halogenated alkanes) is 25. The van der Waals surface area contributed by atoms with Crippen molar-refractivity contribution >= 4 is 17.9 Å². The maximum absolute atomic E-state index is 12.7. The highest BCUT2D eigenvalue weighted by Crippen LogP contribution is 2.16. The summed E-state index contributed by atoms with van der Waals surface area (Å²) in [5, 5.41) is 9.64. The van der Waals surface area contributed by atoms with Gasteiger partial charge in [0.2, 0.25) is 0 Å².